The maximum Gasteiger partial charge on any atom is 0.416 e. The lowest BCUT2D eigenvalue weighted by atomic mass is 9.94. The zero-order valence-corrected chi connectivity index (χ0v) is 15.4. The standard InChI is InChI=1S/C20H24F3N3O2/c21-20(22,23)14-3-1-2-13(10-14)17(11-4-5-11)26-19(28)24-15-8-9-16(27)25-18(15)12-6-7-12/h1-3,10-12,15,17-18H,4-9H2,(H,25,27)(H2,24,26,28). The van der Waals surface area contributed by atoms with E-state index in [-0.39, 0.29) is 29.9 Å². The third-order valence-corrected chi connectivity index (χ3v) is 5.84. The van der Waals surface area contributed by atoms with E-state index < -0.39 is 17.8 Å². The summed E-state index contributed by atoms with van der Waals surface area (Å²) in [6, 6.07) is 4.14. The SMILES string of the molecule is O=C1CCC(NC(=O)NC(c2cccc(C(F)(F)F)c2)C2CC2)C(C2CC2)N1. The minimum absolute atomic E-state index is 0.00943. The highest BCUT2D eigenvalue weighted by molar-refractivity contribution is 5.79. The summed E-state index contributed by atoms with van der Waals surface area (Å²) in [6.07, 6.45) is 0.381. The van der Waals surface area contributed by atoms with E-state index in [1.807, 2.05) is 0 Å². The summed E-state index contributed by atoms with van der Waals surface area (Å²) in [4.78, 5) is 24.3. The van der Waals surface area contributed by atoms with Crippen molar-refractivity contribution in [2.24, 2.45) is 11.8 Å². The molecule has 1 aromatic rings. The second-order valence-corrected chi connectivity index (χ2v) is 8.13. The largest absolute Gasteiger partial charge is 0.416 e. The number of alkyl halides is 3. The van der Waals surface area contributed by atoms with Gasteiger partial charge in [0.1, 0.15) is 0 Å². The highest BCUT2D eigenvalue weighted by Crippen LogP contribution is 2.42. The first-order valence-corrected chi connectivity index (χ1v) is 9.85. The molecule has 152 valence electrons. The molecule has 1 saturated heterocycles. The molecule has 3 aliphatic rings. The Morgan fingerprint density at radius 2 is 1.89 bits per heavy atom. The normalized spacial score (nSPS) is 26.3. The van der Waals surface area contributed by atoms with Gasteiger partial charge in [-0.05, 0) is 61.6 Å². The van der Waals surface area contributed by atoms with Gasteiger partial charge in [0.25, 0.3) is 0 Å². The molecular weight excluding hydrogens is 371 g/mol. The Balaban J connectivity index is 1.44. The van der Waals surface area contributed by atoms with Crippen LogP contribution in [-0.4, -0.2) is 24.0 Å². The van der Waals surface area contributed by atoms with Gasteiger partial charge in [0.2, 0.25) is 5.91 Å². The molecule has 28 heavy (non-hydrogen) atoms. The Kier molecular flexibility index (Phi) is 4.97. The molecule has 1 aromatic carbocycles. The Labute approximate surface area is 161 Å². The summed E-state index contributed by atoms with van der Waals surface area (Å²) in [7, 11) is 0. The summed E-state index contributed by atoms with van der Waals surface area (Å²) >= 11 is 0. The van der Waals surface area contributed by atoms with Crippen LogP contribution in [0, 0.1) is 11.8 Å². The van der Waals surface area contributed by atoms with Crippen molar-refractivity contribution in [3.63, 3.8) is 0 Å². The summed E-state index contributed by atoms with van der Waals surface area (Å²) in [5, 5.41) is 8.81. The topological polar surface area (TPSA) is 70.2 Å². The zero-order chi connectivity index (χ0) is 19.9. The van der Waals surface area contributed by atoms with Crippen LogP contribution in [0.5, 0.6) is 0 Å². The van der Waals surface area contributed by atoms with Gasteiger partial charge in [0.05, 0.1) is 23.7 Å². The molecule has 0 aromatic heterocycles. The maximum absolute atomic E-state index is 13.0. The van der Waals surface area contributed by atoms with Gasteiger partial charge in [0, 0.05) is 6.42 Å². The van der Waals surface area contributed by atoms with Crippen LogP contribution in [0.3, 0.4) is 0 Å². The van der Waals surface area contributed by atoms with Crippen LogP contribution in [-0.2, 0) is 11.0 Å². The molecule has 3 atom stereocenters. The van der Waals surface area contributed by atoms with Crippen molar-refractivity contribution in [3.8, 4) is 0 Å². The molecule has 0 radical (unpaired) electrons. The summed E-state index contributed by atoms with van der Waals surface area (Å²) < 4.78 is 39.1. The highest BCUT2D eigenvalue weighted by atomic mass is 19.4. The van der Waals surface area contributed by atoms with Gasteiger partial charge >= 0.3 is 12.2 Å². The van der Waals surface area contributed by atoms with Crippen LogP contribution in [0.25, 0.3) is 0 Å². The lowest BCUT2D eigenvalue weighted by Gasteiger charge is -2.33. The van der Waals surface area contributed by atoms with Gasteiger partial charge < -0.3 is 16.0 Å². The van der Waals surface area contributed by atoms with E-state index in [9.17, 15) is 22.8 Å². The zero-order valence-electron chi connectivity index (χ0n) is 15.4. The molecule has 3 unspecified atom stereocenters. The number of piperidine rings is 1. The monoisotopic (exact) mass is 395 g/mol. The summed E-state index contributed by atoms with van der Waals surface area (Å²) in [6.45, 7) is 0. The minimum atomic E-state index is -4.41. The van der Waals surface area contributed by atoms with Crippen LogP contribution in [0.1, 0.15) is 55.7 Å². The second-order valence-electron chi connectivity index (χ2n) is 8.13. The molecule has 3 N–H and O–H groups in total. The Morgan fingerprint density at radius 3 is 2.54 bits per heavy atom. The molecule has 8 heteroatoms. The summed E-state index contributed by atoms with van der Waals surface area (Å²) in [5.74, 6) is 0.562. The smallest absolute Gasteiger partial charge is 0.351 e. The average molecular weight is 395 g/mol. The first-order chi connectivity index (χ1) is 13.3. The molecule has 0 spiro atoms. The number of benzene rings is 1. The van der Waals surface area contributed by atoms with Gasteiger partial charge in [-0.3, -0.25) is 4.79 Å². The van der Waals surface area contributed by atoms with Crippen molar-refractivity contribution in [1.29, 1.82) is 0 Å². The Hall–Kier alpha value is -2.25. The molecule has 3 fully saturated rings. The molecule has 0 bridgehead atoms. The van der Waals surface area contributed by atoms with E-state index in [4.69, 9.17) is 0 Å². The number of carbonyl (C=O) groups is 2. The van der Waals surface area contributed by atoms with Crippen LogP contribution in [0.15, 0.2) is 24.3 Å². The predicted molar refractivity (Wildman–Crippen MR) is 96.3 cm³/mol. The first-order valence-electron chi connectivity index (χ1n) is 9.85. The van der Waals surface area contributed by atoms with Crippen LogP contribution in [0.4, 0.5) is 18.0 Å². The van der Waals surface area contributed by atoms with Crippen molar-refractivity contribution in [3.05, 3.63) is 35.4 Å². The third-order valence-electron chi connectivity index (χ3n) is 5.84. The average Bonchev–Trinajstić information content (AvgIpc) is 3.54. The molecule has 1 aliphatic heterocycles. The van der Waals surface area contributed by atoms with Gasteiger partial charge in [0.15, 0.2) is 0 Å². The van der Waals surface area contributed by atoms with E-state index in [2.05, 4.69) is 16.0 Å². The van der Waals surface area contributed by atoms with E-state index in [0.717, 1.165) is 37.8 Å². The molecule has 1 heterocycles. The second kappa shape index (κ2) is 7.29. The number of rotatable bonds is 5. The quantitative estimate of drug-likeness (QED) is 0.714. The van der Waals surface area contributed by atoms with E-state index in [1.54, 1.807) is 6.07 Å². The summed E-state index contributed by atoms with van der Waals surface area (Å²) in [5.41, 5.74) is -0.232. The fraction of sp³-hybridized carbons (Fsp3) is 0.600. The number of hydrogen-bond donors (Lipinski definition) is 3. The van der Waals surface area contributed by atoms with Crippen molar-refractivity contribution in [2.45, 2.75) is 62.8 Å². The van der Waals surface area contributed by atoms with E-state index in [0.29, 0.717) is 24.3 Å². The van der Waals surface area contributed by atoms with Gasteiger partial charge in [-0.2, -0.15) is 13.2 Å². The number of urea groups is 1. The van der Waals surface area contributed by atoms with E-state index in [1.165, 1.54) is 6.07 Å². The first kappa shape index (κ1) is 19.1. The lowest BCUT2D eigenvalue weighted by molar-refractivity contribution is -0.137. The lowest BCUT2D eigenvalue weighted by Crippen LogP contribution is -2.58. The Morgan fingerprint density at radius 1 is 1.14 bits per heavy atom. The Bertz CT molecular complexity index is 759. The van der Waals surface area contributed by atoms with Crippen LogP contribution in [0.2, 0.25) is 0 Å². The fourth-order valence-corrected chi connectivity index (χ4v) is 4.05. The number of hydrogen-bond acceptors (Lipinski definition) is 2. The molecule has 4 rings (SSSR count). The van der Waals surface area contributed by atoms with Crippen molar-refractivity contribution >= 4 is 11.9 Å². The molecule has 2 aliphatic carbocycles. The molecule has 2 saturated carbocycles. The van der Waals surface area contributed by atoms with Crippen molar-refractivity contribution in [1.82, 2.24) is 16.0 Å². The van der Waals surface area contributed by atoms with Crippen LogP contribution < -0.4 is 16.0 Å². The number of nitrogens with one attached hydrogen (secondary N) is 3. The minimum Gasteiger partial charge on any atom is -0.351 e. The van der Waals surface area contributed by atoms with Crippen LogP contribution >= 0.6 is 0 Å². The third kappa shape index (κ3) is 4.42. The van der Waals surface area contributed by atoms with E-state index >= 15 is 0 Å². The molecular formula is C20H24F3N3O2. The highest BCUT2D eigenvalue weighted by Gasteiger charge is 2.41. The number of carbonyl (C=O) groups excluding carboxylic acids is 2. The van der Waals surface area contributed by atoms with Gasteiger partial charge in [-0.1, -0.05) is 12.1 Å². The van der Waals surface area contributed by atoms with Crippen molar-refractivity contribution < 1.29 is 22.8 Å². The fourth-order valence-electron chi connectivity index (χ4n) is 4.05. The van der Waals surface area contributed by atoms with Gasteiger partial charge in [-0.25, -0.2) is 4.79 Å². The van der Waals surface area contributed by atoms with Gasteiger partial charge in [-0.15, -0.1) is 0 Å². The maximum atomic E-state index is 13.0. The number of amides is 3. The molecule has 3 amide bonds. The predicted octanol–water partition coefficient (Wildman–Crippen LogP) is 3.51. The molecule has 5 nitrogen and oxygen atoms in total. The number of halogens is 3. The van der Waals surface area contributed by atoms with Crippen molar-refractivity contribution in [2.75, 3.05) is 0 Å².